The Morgan fingerprint density at radius 2 is 1.82 bits per heavy atom. The Morgan fingerprint density at radius 1 is 1.03 bits per heavy atom. The van der Waals surface area contributed by atoms with Crippen molar-refractivity contribution in [3.05, 3.63) is 35.8 Å². The van der Waals surface area contributed by atoms with Gasteiger partial charge in [0.1, 0.15) is 18.3 Å². The predicted octanol–water partition coefficient (Wildman–Crippen LogP) is 3.06. The number of cyclic esters (lactones) is 2. The van der Waals surface area contributed by atoms with Gasteiger partial charge in [-0.2, -0.15) is 0 Å². The van der Waals surface area contributed by atoms with Gasteiger partial charge in [0.15, 0.2) is 11.9 Å². The molecule has 0 radical (unpaired) electrons. The van der Waals surface area contributed by atoms with Crippen molar-refractivity contribution in [3.63, 3.8) is 0 Å². The van der Waals surface area contributed by atoms with Crippen LogP contribution in [0.15, 0.2) is 34.7 Å². The molecule has 180 valence electrons. The number of ketones is 1. The van der Waals surface area contributed by atoms with Gasteiger partial charge in [0, 0.05) is 11.0 Å². The van der Waals surface area contributed by atoms with E-state index in [-0.39, 0.29) is 36.8 Å². The fourth-order valence-electron chi connectivity index (χ4n) is 8.75. The number of carbonyl (C=O) groups excluding carboxylic acids is 3. The van der Waals surface area contributed by atoms with E-state index >= 15 is 0 Å². The lowest BCUT2D eigenvalue weighted by Crippen LogP contribution is -2.70. The maximum absolute atomic E-state index is 14.2. The Balaban J connectivity index is 1.44. The topological polar surface area (TPSA) is 105 Å². The summed E-state index contributed by atoms with van der Waals surface area (Å²) < 4.78 is 29.7. The average Bonchev–Trinajstić information content (AvgIpc) is 3.26. The van der Waals surface area contributed by atoms with Gasteiger partial charge in [-0.3, -0.25) is 9.59 Å². The second kappa shape index (κ2) is 5.85. The molecule has 34 heavy (non-hydrogen) atoms. The second-order valence-electron chi connectivity index (χ2n) is 11.8. The number of hydrogen-bond donors (Lipinski definition) is 0. The molecule has 8 heteroatoms. The highest BCUT2D eigenvalue weighted by Gasteiger charge is 2.89. The lowest BCUT2D eigenvalue weighted by atomic mass is 9.39. The molecular formula is C26H28O8. The number of epoxide rings is 1. The van der Waals surface area contributed by atoms with Crippen LogP contribution in [-0.4, -0.2) is 47.7 Å². The van der Waals surface area contributed by atoms with Crippen LogP contribution >= 0.6 is 0 Å². The van der Waals surface area contributed by atoms with Crippen molar-refractivity contribution in [3.8, 4) is 0 Å². The van der Waals surface area contributed by atoms with Crippen LogP contribution < -0.4 is 0 Å². The number of rotatable bonds is 1. The highest BCUT2D eigenvalue weighted by molar-refractivity contribution is 6.01. The summed E-state index contributed by atoms with van der Waals surface area (Å²) in [7, 11) is 0. The zero-order chi connectivity index (χ0) is 23.9. The van der Waals surface area contributed by atoms with Crippen molar-refractivity contribution >= 4 is 17.7 Å². The minimum atomic E-state index is -1.02. The number of esters is 2. The molecular weight excluding hydrogens is 440 g/mol. The lowest BCUT2D eigenvalue weighted by molar-refractivity contribution is -0.210. The zero-order valence-corrected chi connectivity index (χ0v) is 19.7. The maximum atomic E-state index is 14.2. The first-order valence-electron chi connectivity index (χ1n) is 12.0. The minimum Gasteiger partial charge on any atom is -0.472 e. The van der Waals surface area contributed by atoms with Crippen LogP contribution in [0.3, 0.4) is 0 Å². The standard InChI is InChI=1S/C26H28O8/c1-22(2)15-9-16(27)24(4)14(25(15)12-31-18(28)10-17(25)33-22)5-7-23(3)19(13-6-8-30-11-13)32-21(29)20-26(23,24)34-20/h6,8-9,11,14,17,19-20H,5,7,10,12H2,1-4H3. The van der Waals surface area contributed by atoms with Crippen molar-refractivity contribution in [2.75, 3.05) is 6.61 Å². The van der Waals surface area contributed by atoms with Crippen molar-refractivity contribution in [1.82, 2.24) is 0 Å². The Hall–Kier alpha value is -2.45. The Morgan fingerprint density at radius 3 is 2.56 bits per heavy atom. The number of fused-ring (bicyclic) bond motifs is 1. The van der Waals surface area contributed by atoms with E-state index in [1.54, 1.807) is 24.7 Å². The largest absolute Gasteiger partial charge is 0.472 e. The second-order valence-corrected chi connectivity index (χ2v) is 11.8. The predicted molar refractivity (Wildman–Crippen MR) is 114 cm³/mol. The number of hydrogen-bond acceptors (Lipinski definition) is 8. The molecule has 5 fully saturated rings. The van der Waals surface area contributed by atoms with E-state index < -0.39 is 45.6 Å². The first-order chi connectivity index (χ1) is 16.0. The monoisotopic (exact) mass is 468 g/mol. The van der Waals surface area contributed by atoms with Crippen molar-refractivity contribution in [2.45, 2.75) is 76.5 Å². The smallest absolute Gasteiger partial charge is 0.339 e. The van der Waals surface area contributed by atoms with Gasteiger partial charge >= 0.3 is 11.9 Å². The number of carbonyl (C=O) groups is 3. The van der Waals surface area contributed by atoms with Crippen LogP contribution in [0, 0.1) is 22.2 Å². The van der Waals surface area contributed by atoms with Gasteiger partial charge in [0.2, 0.25) is 0 Å². The van der Waals surface area contributed by atoms with Gasteiger partial charge in [-0.25, -0.2) is 4.79 Å². The first kappa shape index (κ1) is 20.9. The van der Waals surface area contributed by atoms with Gasteiger partial charge in [-0.05, 0) is 57.2 Å². The summed E-state index contributed by atoms with van der Waals surface area (Å²) >= 11 is 0. The third-order valence-corrected chi connectivity index (χ3v) is 10.2. The van der Waals surface area contributed by atoms with Gasteiger partial charge in [-0.15, -0.1) is 0 Å². The highest BCUT2D eigenvalue weighted by Crippen LogP contribution is 2.78. The normalized spacial score (nSPS) is 50.0. The lowest BCUT2D eigenvalue weighted by Gasteiger charge is -2.63. The van der Waals surface area contributed by atoms with Crippen LogP contribution in [0.2, 0.25) is 0 Å². The van der Waals surface area contributed by atoms with E-state index in [0.717, 1.165) is 11.1 Å². The molecule has 8 nitrogen and oxygen atoms in total. The van der Waals surface area contributed by atoms with Crippen LogP contribution in [0.1, 0.15) is 58.6 Å². The molecule has 8 unspecified atom stereocenters. The quantitative estimate of drug-likeness (QED) is 0.458. The molecule has 0 bridgehead atoms. The Labute approximate surface area is 196 Å². The molecule has 4 saturated heterocycles. The SMILES string of the molecule is CC1(C)OC2CC(=O)OCC23C1=CC(=O)C1(C)C3CCC2(C)C(c3ccoc3)OC(=O)C3OC321. The summed E-state index contributed by atoms with van der Waals surface area (Å²) in [6.45, 7) is 8.09. The molecule has 2 spiro atoms. The van der Waals surface area contributed by atoms with Crippen molar-refractivity contribution in [2.24, 2.45) is 22.2 Å². The Bertz CT molecular complexity index is 1180. The fraction of sp³-hybridized carbons (Fsp3) is 0.654. The summed E-state index contributed by atoms with van der Waals surface area (Å²) in [6.07, 6.45) is 4.61. The molecule has 1 aromatic rings. The fourth-order valence-corrected chi connectivity index (χ4v) is 8.75. The average molecular weight is 469 g/mol. The van der Waals surface area contributed by atoms with Crippen LogP contribution in [0.5, 0.6) is 0 Å². The van der Waals surface area contributed by atoms with Crippen molar-refractivity contribution < 1.29 is 37.7 Å². The first-order valence-corrected chi connectivity index (χ1v) is 12.0. The van der Waals surface area contributed by atoms with Crippen LogP contribution in [0.25, 0.3) is 0 Å². The summed E-state index contributed by atoms with van der Waals surface area (Å²) in [6, 6.07) is 1.80. The molecule has 0 N–H and O–H groups in total. The summed E-state index contributed by atoms with van der Waals surface area (Å²) in [5.74, 6) is -0.991. The van der Waals surface area contributed by atoms with Gasteiger partial charge in [0.25, 0.3) is 0 Å². The summed E-state index contributed by atoms with van der Waals surface area (Å²) in [4.78, 5) is 39.5. The molecule has 5 heterocycles. The Kier molecular flexibility index (Phi) is 3.59. The maximum Gasteiger partial charge on any atom is 0.339 e. The van der Waals surface area contributed by atoms with E-state index in [0.29, 0.717) is 12.8 Å². The molecule has 2 aliphatic carbocycles. The highest BCUT2D eigenvalue weighted by atomic mass is 16.7. The molecule has 7 rings (SSSR count). The summed E-state index contributed by atoms with van der Waals surface area (Å²) in [5.41, 5.74) is -2.32. The van der Waals surface area contributed by atoms with Gasteiger partial charge in [-0.1, -0.05) is 6.92 Å². The molecule has 6 aliphatic rings. The van der Waals surface area contributed by atoms with Crippen LogP contribution in [0.4, 0.5) is 0 Å². The third-order valence-electron chi connectivity index (χ3n) is 10.2. The van der Waals surface area contributed by atoms with Crippen molar-refractivity contribution in [1.29, 1.82) is 0 Å². The molecule has 4 aliphatic heterocycles. The molecule has 1 saturated carbocycles. The van der Waals surface area contributed by atoms with Crippen LogP contribution in [-0.2, 0) is 33.3 Å². The number of allylic oxidation sites excluding steroid dienone is 1. The van der Waals surface area contributed by atoms with E-state index in [1.165, 1.54) is 0 Å². The summed E-state index contributed by atoms with van der Waals surface area (Å²) in [5, 5.41) is 0. The van der Waals surface area contributed by atoms with Gasteiger partial charge in [0.05, 0.1) is 41.5 Å². The molecule has 0 amide bonds. The minimum absolute atomic E-state index is 0.0542. The molecule has 8 atom stereocenters. The van der Waals surface area contributed by atoms with E-state index in [1.807, 2.05) is 20.8 Å². The van der Waals surface area contributed by atoms with Gasteiger partial charge < -0.3 is 23.4 Å². The van der Waals surface area contributed by atoms with E-state index in [9.17, 15) is 14.4 Å². The zero-order valence-electron chi connectivity index (χ0n) is 19.7. The van der Waals surface area contributed by atoms with E-state index in [2.05, 4.69) is 6.92 Å². The molecule has 1 aromatic heterocycles. The van der Waals surface area contributed by atoms with E-state index in [4.69, 9.17) is 23.4 Å². The molecule has 0 aromatic carbocycles. The number of furan rings is 1. The third kappa shape index (κ3) is 1.97. The number of ether oxygens (including phenoxy) is 4.